The molecule has 0 saturated heterocycles. The molecule has 4 heteroatoms. The number of carbonyl (C=O) groups is 1. The lowest BCUT2D eigenvalue weighted by Crippen LogP contribution is -2.35. The minimum absolute atomic E-state index is 0.0450. The van der Waals surface area contributed by atoms with Gasteiger partial charge in [0.1, 0.15) is 5.82 Å². The fourth-order valence-electron chi connectivity index (χ4n) is 1.86. The van der Waals surface area contributed by atoms with Crippen LogP contribution in [0.5, 0.6) is 0 Å². The molecule has 106 valence electrons. The van der Waals surface area contributed by atoms with Crippen LogP contribution in [0, 0.1) is 5.82 Å². The summed E-state index contributed by atoms with van der Waals surface area (Å²) in [6.45, 7) is 2.44. The number of hydrogen-bond donors (Lipinski definition) is 1. The van der Waals surface area contributed by atoms with Gasteiger partial charge in [-0.3, -0.25) is 4.79 Å². The molecule has 0 heterocycles. The Kier molecular flexibility index (Phi) is 6.50. The third-order valence-electron chi connectivity index (χ3n) is 3.12. The Morgan fingerprint density at radius 3 is 2.47 bits per heavy atom. The van der Waals surface area contributed by atoms with Crippen LogP contribution in [-0.4, -0.2) is 31.4 Å². The standard InChI is InChI=1S/C15H23FN2O/c1-4-5-6-14(17-11-15(19)18(2)3)12-7-9-13(16)10-8-12/h7-10,14,17H,4-6,11H2,1-3H3. The van der Waals surface area contributed by atoms with E-state index in [-0.39, 0.29) is 17.8 Å². The average molecular weight is 266 g/mol. The van der Waals surface area contributed by atoms with Crippen LogP contribution in [0.15, 0.2) is 24.3 Å². The number of hydrogen-bond acceptors (Lipinski definition) is 2. The molecular formula is C15H23FN2O. The van der Waals surface area contributed by atoms with Crippen molar-refractivity contribution < 1.29 is 9.18 Å². The van der Waals surface area contributed by atoms with Crippen molar-refractivity contribution >= 4 is 5.91 Å². The normalized spacial score (nSPS) is 12.2. The molecule has 1 aromatic carbocycles. The van der Waals surface area contributed by atoms with Crippen LogP contribution in [0.4, 0.5) is 4.39 Å². The Balaban J connectivity index is 2.66. The van der Waals surface area contributed by atoms with Crippen molar-refractivity contribution in [3.63, 3.8) is 0 Å². The molecule has 1 rings (SSSR count). The van der Waals surface area contributed by atoms with E-state index in [9.17, 15) is 9.18 Å². The first-order valence-corrected chi connectivity index (χ1v) is 6.73. The molecular weight excluding hydrogens is 243 g/mol. The fourth-order valence-corrected chi connectivity index (χ4v) is 1.86. The lowest BCUT2D eigenvalue weighted by Gasteiger charge is -2.20. The first-order valence-electron chi connectivity index (χ1n) is 6.73. The number of likely N-dealkylation sites (N-methyl/N-ethyl adjacent to an activating group) is 1. The van der Waals surface area contributed by atoms with Gasteiger partial charge in [-0.05, 0) is 24.1 Å². The highest BCUT2D eigenvalue weighted by atomic mass is 19.1. The molecule has 1 amide bonds. The summed E-state index contributed by atoms with van der Waals surface area (Å²) in [6, 6.07) is 6.59. The number of carbonyl (C=O) groups excluding carboxylic acids is 1. The fraction of sp³-hybridized carbons (Fsp3) is 0.533. The molecule has 1 unspecified atom stereocenters. The molecule has 0 radical (unpaired) electrons. The topological polar surface area (TPSA) is 32.3 Å². The molecule has 0 bridgehead atoms. The molecule has 19 heavy (non-hydrogen) atoms. The van der Waals surface area contributed by atoms with E-state index in [1.807, 2.05) is 0 Å². The number of unbranched alkanes of at least 4 members (excludes halogenated alkanes) is 1. The van der Waals surface area contributed by atoms with E-state index in [0.717, 1.165) is 24.8 Å². The third-order valence-corrected chi connectivity index (χ3v) is 3.12. The number of nitrogens with one attached hydrogen (secondary N) is 1. The zero-order valence-corrected chi connectivity index (χ0v) is 11.9. The maximum Gasteiger partial charge on any atom is 0.236 e. The molecule has 3 nitrogen and oxygen atoms in total. The Morgan fingerprint density at radius 1 is 1.32 bits per heavy atom. The van der Waals surface area contributed by atoms with Gasteiger partial charge < -0.3 is 10.2 Å². The summed E-state index contributed by atoms with van der Waals surface area (Å²) in [7, 11) is 3.48. The van der Waals surface area contributed by atoms with E-state index in [1.165, 1.54) is 12.1 Å². The lowest BCUT2D eigenvalue weighted by molar-refractivity contribution is -0.127. The van der Waals surface area contributed by atoms with Gasteiger partial charge >= 0.3 is 0 Å². The van der Waals surface area contributed by atoms with Crippen LogP contribution in [0.3, 0.4) is 0 Å². The van der Waals surface area contributed by atoms with Gasteiger partial charge in [0.2, 0.25) is 5.91 Å². The minimum atomic E-state index is -0.234. The Morgan fingerprint density at radius 2 is 1.95 bits per heavy atom. The van der Waals surface area contributed by atoms with Crippen LogP contribution in [0.25, 0.3) is 0 Å². The van der Waals surface area contributed by atoms with E-state index in [0.29, 0.717) is 6.54 Å². The lowest BCUT2D eigenvalue weighted by atomic mass is 10.0. The molecule has 0 fully saturated rings. The quantitative estimate of drug-likeness (QED) is 0.823. The van der Waals surface area contributed by atoms with Crippen molar-refractivity contribution in [2.24, 2.45) is 0 Å². The smallest absolute Gasteiger partial charge is 0.236 e. The zero-order valence-electron chi connectivity index (χ0n) is 11.9. The summed E-state index contributed by atoms with van der Waals surface area (Å²) >= 11 is 0. The van der Waals surface area contributed by atoms with Crippen molar-refractivity contribution in [1.29, 1.82) is 0 Å². The van der Waals surface area contributed by atoms with Gasteiger partial charge in [-0.2, -0.15) is 0 Å². The van der Waals surface area contributed by atoms with Crippen LogP contribution in [0.1, 0.15) is 37.8 Å². The molecule has 1 aromatic rings. The largest absolute Gasteiger partial charge is 0.348 e. The summed E-state index contributed by atoms with van der Waals surface area (Å²) < 4.78 is 12.9. The maximum absolute atomic E-state index is 12.9. The van der Waals surface area contributed by atoms with Crippen molar-refractivity contribution in [3.8, 4) is 0 Å². The second-order valence-electron chi connectivity index (χ2n) is 4.92. The highest BCUT2D eigenvalue weighted by molar-refractivity contribution is 5.77. The summed E-state index contributed by atoms with van der Waals surface area (Å²) in [6.07, 6.45) is 3.12. The van der Waals surface area contributed by atoms with E-state index in [4.69, 9.17) is 0 Å². The van der Waals surface area contributed by atoms with Crippen molar-refractivity contribution in [2.45, 2.75) is 32.2 Å². The molecule has 1 atom stereocenters. The van der Waals surface area contributed by atoms with Crippen molar-refractivity contribution in [3.05, 3.63) is 35.6 Å². The van der Waals surface area contributed by atoms with Gasteiger partial charge in [0.15, 0.2) is 0 Å². The molecule has 0 spiro atoms. The molecule has 0 saturated carbocycles. The first-order chi connectivity index (χ1) is 9.04. The van der Waals surface area contributed by atoms with E-state index in [2.05, 4.69) is 12.2 Å². The van der Waals surface area contributed by atoms with E-state index < -0.39 is 0 Å². The molecule has 0 aliphatic carbocycles. The SMILES string of the molecule is CCCCC(NCC(=O)N(C)C)c1ccc(F)cc1. The van der Waals surface area contributed by atoms with E-state index in [1.54, 1.807) is 31.1 Å². The van der Waals surface area contributed by atoms with Gasteiger partial charge in [-0.15, -0.1) is 0 Å². The van der Waals surface area contributed by atoms with Crippen molar-refractivity contribution in [1.82, 2.24) is 10.2 Å². The summed E-state index contributed by atoms with van der Waals surface area (Å²) in [5.74, 6) is -0.189. The number of nitrogens with zero attached hydrogens (tertiary/aromatic N) is 1. The second kappa shape index (κ2) is 7.89. The molecule has 0 aliphatic rings. The van der Waals surface area contributed by atoms with Gasteiger partial charge in [0, 0.05) is 20.1 Å². The van der Waals surface area contributed by atoms with Gasteiger partial charge in [0.25, 0.3) is 0 Å². The number of amides is 1. The summed E-state index contributed by atoms with van der Waals surface area (Å²) in [5.41, 5.74) is 1.03. The first kappa shape index (κ1) is 15.6. The number of rotatable bonds is 7. The predicted octanol–water partition coefficient (Wildman–Crippen LogP) is 2.73. The Labute approximate surface area is 114 Å². The highest BCUT2D eigenvalue weighted by Crippen LogP contribution is 2.19. The van der Waals surface area contributed by atoms with Crippen LogP contribution in [0.2, 0.25) is 0 Å². The van der Waals surface area contributed by atoms with Gasteiger partial charge in [-0.25, -0.2) is 4.39 Å². The maximum atomic E-state index is 12.9. The monoisotopic (exact) mass is 266 g/mol. The number of benzene rings is 1. The molecule has 0 aliphatic heterocycles. The zero-order chi connectivity index (χ0) is 14.3. The Hall–Kier alpha value is -1.42. The summed E-state index contributed by atoms with van der Waals surface area (Å²) in [4.78, 5) is 13.2. The van der Waals surface area contributed by atoms with Crippen LogP contribution < -0.4 is 5.32 Å². The third kappa shape index (κ3) is 5.39. The summed E-state index contributed by atoms with van der Waals surface area (Å²) in [5, 5.41) is 3.26. The van der Waals surface area contributed by atoms with E-state index >= 15 is 0 Å². The van der Waals surface area contributed by atoms with Gasteiger partial charge in [-0.1, -0.05) is 31.9 Å². The average Bonchev–Trinajstić information content (AvgIpc) is 2.39. The number of halogens is 1. The second-order valence-corrected chi connectivity index (χ2v) is 4.92. The molecule has 0 aromatic heterocycles. The van der Waals surface area contributed by atoms with Crippen molar-refractivity contribution in [2.75, 3.05) is 20.6 Å². The minimum Gasteiger partial charge on any atom is -0.348 e. The van der Waals surface area contributed by atoms with Gasteiger partial charge in [0.05, 0.1) is 6.54 Å². The Bertz CT molecular complexity index is 390. The highest BCUT2D eigenvalue weighted by Gasteiger charge is 2.13. The van der Waals surface area contributed by atoms with Crippen LogP contribution in [-0.2, 0) is 4.79 Å². The van der Waals surface area contributed by atoms with Crippen LogP contribution >= 0.6 is 0 Å². The predicted molar refractivity (Wildman–Crippen MR) is 75.4 cm³/mol. The molecule has 1 N–H and O–H groups in total.